The van der Waals surface area contributed by atoms with Crippen molar-refractivity contribution in [1.29, 1.82) is 0 Å². The summed E-state index contributed by atoms with van der Waals surface area (Å²) in [6, 6.07) is 22.0. The highest BCUT2D eigenvalue weighted by Gasteiger charge is 2.25. The summed E-state index contributed by atoms with van der Waals surface area (Å²) in [6.45, 7) is 2.50. The predicted octanol–water partition coefficient (Wildman–Crippen LogP) is 2.74. The molecule has 2 aromatic carbocycles. The standard InChI is InChI=1S/C29H28N6O3/c30-27(37)26(36)16-25(21-10-5-2-6-11-21)32-29(38)23-12-7-14-31-28(23)35-19-22-18-34(15-13-24(22)33-35)17-20-8-3-1-4-9-20/h1-12,14,19,25H,13,15-18H2,(H2,30,37)(H,32,38). The van der Waals surface area contributed by atoms with E-state index in [1.54, 1.807) is 47.3 Å². The molecule has 3 N–H and O–H groups in total. The summed E-state index contributed by atoms with van der Waals surface area (Å²) >= 11 is 0. The Labute approximate surface area is 220 Å². The van der Waals surface area contributed by atoms with E-state index < -0.39 is 23.6 Å². The van der Waals surface area contributed by atoms with E-state index in [4.69, 9.17) is 10.8 Å². The van der Waals surface area contributed by atoms with Crippen LogP contribution in [0.25, 0.3) is 5.82 Å². The Morgan fingerprint density at radius 2 is 1.71 bits per heavy atom. The first-order valence-corrected chi connectivity index (χ1v) is 12.5. The number of benzene rings is 2. The van der Waals surface area contributed by atoms with Crippen molar-refractivity contribution in [2.75, 3.05) is 6.54 Å². The van der Waals surface area contributed by atoms with Crippen molar-refractivity contribution in [2.45, 2.75) is 32.0 Å². The van der Waals surface area contributed by atoms with Crippen LogP contribution in [0.3, 0.4) is 0 Å². The monoisotopic (exact) mass is 508 g/mol. The molecule has 38 heavy (non-hydrogen) atoms. The number of rotatable bonds is 9. The number of ketones is 1. The molecule has 0 fully saturated rings. The predicted molar refractivity (Wildman–Crippen MR) is 141 cm³/mol. The first kappa shape index (κ1) is 25.0. The van der Waals surface area contributed by atoms with Crippen molar-refractivity contribution in [3.8, 4) is 5.82 Å². The second-order valence-electron chi connectivity index (χ2n) is 9.29. The van der Waals surface area contributed by atoms with E-state index in [0.29, 0.717) is 16.9 Å². The smallest absolute Gasteiger partial charge is 0.284 e. The summed E-state index contributed by atoms with van der Waals surface area (Å²) in [7, 11) is 0. The Morgan fingerprint density at radius 3 is 2.45 bits per heavy atom. The van der Waals surface area contributed by atoms with E-state index in [1.165, 1.54) is 5.56 Å². The lowest BCUT2D eigenvalue weighted by molar-refractivity contribution is -0.136. The molecule has 0 saturated heterocycles. The molecule has 2 amide bonds. The number of nitrogens with zero attached hydrogens (tertiary/aromatic N) is 4. The highest BCUT2D eigenvalue weighted by atomic mass is 16.2. The number of hydrogen-bond acceptors (Lipinski definition) is 6. The van der Waals surface area contributed by atoms with Crippen molar-refractivity contribution in [3.05, 3.63) is 113 Å². The average Bonchev–Trinajstić information content (AvgIpc) is 3.37. The molecule has 3 heterocycles. The maximum Gasteiger partial charge on any atom is 0.284 e. The second-order valence-corrected chi connectivity index (χ2v) is 9.29. The summed E-state index contributed by atoms with van der Waals surface area (Å²) in [5.74, 6) is -1.84. The maximum atomic E-state index is 13.4. The van der Waals surface area contributed by atoms with E-state index in [-0.39, 0.29) is 6.42 Å². The number of fused-ring (bicyclic) bond motifs is 1. The summed E-state index contributed by atoms with van der Waals surface area (Å²) in [6.07, 6.45) is 4.10. The van der Waals surface area contributed by atoms with Gasteiger partial charge in [-0.15, -0.1) is 0 Å². The Balaban J connectivity index is 1.37. The molecule has 1 atom stereocenters. The van der Waals surface area contributed by atoms with Crippen LogP contribution < -0.4 is 11.1 Å². The fourth-order valence-corrected chi connectivity index (χ4v) is 4.67. The van der Waals surface area contributed by atoms with Crippen LogP contribution in [0, 0.1) is 0 Å². The van der Waals surface area contributed by atoms with Crippen molar-refractivity contribution in [1.82, 2.24) is 25.0 Å². The number of amides is 2. The number of nitrogens with two attached hydrogens (primary N) is 1. The number of carbonyl (C=O) groups is 3. The molecule has 4 aromatic rings. The first-order chi connectivity index (χ1) is 18.5. The molecule has 9 heteroatoms. The Hall–Kier alpha value is -4.63. The van der Waals surface area contributed by atoms with Gasteiger partial charge in [0.25, 0.3) is 11.8 Å². The zero-order chi connectivity index (χ0) is 26.5. The molecule has 1 unspecified atom stereocenters. The fourth-order valence-electron chi connectivity index (χ4n) is 4.67. The van der Waals surface area contributed by atoms with Gasteiger partial charge in [-0.25, -0.2) is 9.67 Å². The number of pyridine rings is 1. The first-order valence-electron chi connectivity index (χ1n) is 12.5. The van der Waals surface area contributed by atoms with Crippen molar-refractivity contribution in [2.24, 2.45) is 5.73 Å². The summed E-state index contributed by atoms with van der Waals surface area (Å²) in [4.78, 5) is 43.8. The summed E-state index contributed by atoms with van der Waals surface area (Å²) < 4.78 is 1.65. The van der Waals surface area contributed by atoms with E-state index >= 15 is 0 Å². The molecule has 192 valence electrons. The topological polar surface area (TPSA) is 123 Å². The van der Waals surface area contributed by atoms with E-state index in [1.807, 2.05) is 30.5 Å². The Morgan fingerprint density at radius 1 is 0.974 bits per heavy atom. The Kier molecular flexibility index (Phi) is 7.37. The minimum atomic E-state index is -1.04. The lowest BCUT2D eigenvalue weighted by atomic mass is 10.0. The van der Waals surface area contributed by atoms with Crippen LogP contribution in [0.5, 0.6) is 0 Å². The van der Waals surface area contributed by atoms with Crippen LogP contribution in [-0.4, -0.2) is 43.8 Å². The number of hydrogen-bond donors (Lipinski definition) is 2. The zero-order valence-electron chi connectivity index (χ0n) is 20.8. The molecule has 0 saturated carbocycles. The number of primary amides is 1. The van der Waals surface area contributed by atoms with E-state index in [2.05, 4.69) is 27.3 Å². The molecule has 9 nitrogen and oxygen atoms in total. The maximum absolute atomic E-state index is 13.4. The van der Waals surface area contributed by atoms with Gasteiger partial charge in [-0.3, -0.25) is 19.3 Å². The quantitative estimate of drug-likeness (QED) is 0.335. The second kappa shape index (κ2) is 11.2. The van der Waals surface area contributed by atoms with Crippen LogP contribution in [-0.2, 0) is 29.1 Å². The van der Waals surface area contributed by atoms with Crippen molar-refractivity contribution >= 4 is 17.6 Å². The van der Waals surface area contributed by atoms with Crippen LogP contribution in [0.1, 0.15) is 45.2 Å². The van der Waals surface area contributed by atoms with Gasteiger partial charge in [-0.05, 0) is 23.3 Å². The molecule has 1 aliphatic heterocycles. The number of Topliss-reactive ketones (excluding diaryl/α,β-unsaturated/α-hetero) is 1. The lowest BCUT2D eigenvalue weighted by Crippen LogP contribution is -2.34. The van der Waals surface area contributed by atoms with Crippen LogP contribution in [0.15, 0.2) is 85.2 Å². The van der Waals surface area contributed by atoms with Gasteiger partial charge in [0.05, 0.1) is 17.3 Å². The van der Waals surface area contributed by atoms with Crippen LogP contribution in [0.2, 0.25) is 0 Å². The zero-order valence-corrected chi connectivity index (χ0v) is 20.8. The molecule has 0 aliphatic carbocycles. The highest BCUT2D eigenvalue weighted by molar-refractivity contribution is 6.35. The van der Waals surface area contributed by atoms with Gasteiger partial charge in [0.15, 0.2) is 5.82 Å². The van der Waals surface area contributed by atoms with E-state index in [9.17, 15) is 14.4 Å². The number of carbonyl (C=O) groups excluding carboxylic acids is 3. The minimum Gasteiger partial charge on any atom is -0.363 e. The van der Waals surface area contributed by atoms with E-state index in [0.717, 1.165) is 37.3 Å². The molecule has 1 aliphatic rings. The van der Waals surface area contributed by atoms with Crippen LogP contribution >= 0.6 is 0 Å². The van der Waals surface area contributed by atoms with Gasteiger partial charge < -0.3 is 11.1 Å². The highest BCUT2D eigenvalue weighted by Crippen LogP contribution is 2.23. The van der Waals surface area contributed by atoms with Gasteiger partial charge in [-0.1, -0.05) is 60.7 Å². The summed E-state index contributed by atoms with van der Waals surface area (Å²) in [5.41, 5.74) is 9.52. The fraction of sp³-hybridized carbons (Fsp3) is 0.207. The normalized spacial score (nSPS) is 13.9. The lowest BCUT2D eigenvalue weighted by Gasteiger charge is -2.25. The van der Waals surface area contributed by atoms with Gasteiger partial charge in [0.1, 0.15) is 0 Å². The minimum absolute atomic E-state index is 0.242. The van der Waals surface area contributed by atoms with Crippen LogP contribution in [0.4, 0.5) is 0 Å². The molecule has 2 aromatic heterocycles. The van der Waals surface area contributed by atoms with Crippen molar-refractivity contribution in [3.63, 3.8) is 0 Å². The molecule has 0 spiro atoms. The molecular weight excluding hydrogens is 480 g/mol. The SMILES string of the molecule is NC(=O)C(=O)CC(NC(=O)c1cccnc1-n1cc2c(n1)CCN(Cc1ccccc1)C2)c1ccccc1. The molecule has 0 bridgehead atoms. The van der Waals surface area contributed by atoms with Gasteiger partial charge in [-0.2, -0.15) is 5.10 Å². The van der Waals surface area contributed by atoms with Gasteiger partial charge in [0, 0.05) is 50.4 Å². The van der Waals surface area contributed by atoms with Gasteiger partial charge in [0.2, 0.25) is 5.78 Å². The molecule has 0 radical (unpaired) electrons. The average molecular weight is 509 g/mol. The number of aromatic nitrogens is 3. The largest absolute Gasteiger partial charge is 0.363 e. The summed E-state index contributed by atoms with van der Waals surface area (Å²) in [5, 5.41) is 7.63. The third kappa shape index (κ3) is 5.68. The Bertz CT molecular complexity index is 1450. The molecular formula is C29H28N6O3. The number of nitrogens with one attached hydrogen (secondary N) is 1. The van der Waals surface area contributed by atoms with Gasteiger partial charge >= 0.3 is 0 Å². The third-order valence-corrected chi connectivity index (χ3v) is 6.60. The molecule has 5 rings (SSSR count). The van der Waals surface area contributed by atoms with Crippen molar-refractivity contribution < 1.29 is 14.4 Å². The third-order valence-electron chi connectivity index (χ3n) is 6.60.